The van der Waals surface area contributed by atoms with E-state index < -0.39 is 11.7 Å². The first-order chi connectivity index (χ1) is 13.0. The van der Waals surface area contributed by atoms with E-state index in [2.05, 4.69) is 15.6 Å². The monoisotopic (exact) mass is 383 g/mol. The quantitative estimate of drug-likeness (QED) is 0.698. The van der Waals surface area contributed by atoms with Crippen molar-refractivity contribution in [2.75, 3.05) is 5.32 Å². The van der Waals surface area contributed by atoms with E-state index in [1.807, 2.05) is 12.1 Å². The van der Waals surface area contributed by atoms with Crippen LogP contribution < -0.4 is 10.6 Å². The number of benzene rings is 2. The molecule has 0 bridgehead atoms. The van der Waals surface area contributed by atoms with Crippen LogP contribution in [0.15, 0.2) is 66.9 Å². The molecule has 0 radical (unpaired) electrons. The van der Waals surface area contributed by atoms with Gasteiger partial charge in [0.05, 0.1) is 0 Å². The highest BCUT2D eigenvalue weighted by atomic mass is 35.5. The Hall–Kier alpha value is -3.25. The molecule has 136 valence electrons. The maximum atomic E-state index is 12.9. The van der Waals surface area contributed by atoms with Gasteiger partial charge in [-0.1, -0.05) is 23.7 Å². The number of carbonyl (C=O) groups is 2. The summed E-state index contributed by atoms with van der Waals surface area (Å²) in [5.41, 5.74) is 1.72. The summed E-state index contributed by atoms with van der Waals surface area (Å²) in [4.78, 5) is 28.6. The molecule has 27 heavy (non-hydrogen) atoms. The molecule has 0 saturated heterocycles. The highest BCUT2D eigenvalue weighted by Crippen LogP contribution is 2.12. The Morgan fingerprint density at radius 2 is 1.67 bits per heavy atom. The first-order valence-corrected chi connectivity index (χ1v) is 8.45. The zero-order valence-electron chi connectivity index (χ0n) is 14.1. The molecule has 3 rings (SSSR count). The normalized spacial score (nSPS) is 10.3. The second-order valence-electron chi connectivity index (χ2n) is 5.70. The minimum absolute atomic E-state index is 0.0819. The molecule has 2 aromatic carbocycles. The molecule has 1 heterocycles. The fraction of sp³-hybridized carbons (Fsp3) is 0.0500. The molecule has 0 aliphatic heterocycles. The number of nitrogens with one attached hydrogen (secondary N) is 2. The number of halogens is 2. The van der Waals surface area contributed by atoms with Gasteiger partial charge in [0.25, 0.3) is 11.8 Å². The Balaban J connectivity index is 1.65. The van der Waals surface area contributed by atoms with Gasteiger partial charge in [-0.2, -0.15) is 0 Å². The minimum atomic E-state index is -0.492. The maximum Gasteiger partial charge on any atom is 0.274 e. The summed E-state index contributed by atoms with van der Waals surface area (Å²) >= 11 is 5.83. The first kappa shape index (κ1) is 18.5. The molecule has 0 fully saturated rings. The van der Waals surface area contributed by atoms with E-state index in [0.29, 0.717) is 22.8 Å². The van der Waals surface area contributed by atoms with Crippen LogP contribution in [0.5, 0.6) is 0 Å². The third kappa shape index (κ3) is 5.12. The average Bonchev–Trinajstić information content (AvgIpc) is 2.69. The Bertz CT molecular complexity index is 960. The lowest BCUT2D eigenvalue weighted by molar-refractivity contribution is 0.0951. The molecule has 0 saturated carbocycles. The van der Waals surface area contributed by atoms with Crippen molar-refractivity contribution in [2.24, 2.45) is 0 Å². The molecule has 7 heteroatoms. The highest BCUT2D eigenvalue weighted by Gasteiger charge is 2.12. The lowest BCUT2D eigenvalue weighted by Gasteiger charge is -2.08. The summed E-state index contributed by atoms with van der Waals surface area (Å²) in [6, 6.07) is 15.4. The van der Waals surface area contributed by atoms with Gasteiger partial charge in [0.15, 0.2) is 0 Å². The van der Waals surface area contributed by atoms with Gasteiger partial charge in [-0.15, -0.1) is 0 Å². The van der Waals surface area contributed by atoms with Crippen LogP contribution in [0.2, 0.25) is 5.02 Å². The number of aromatic nitrogens is 1. The Kier molecular flexibility index (Phi) is 5.78. The van der Waals surface area contributed by atoms with Gasteiger partial charge in [-0.3, -0.25) is 14.6 Å². The van der Waals surface area contributed by atoms with Crippen LogP contribution in [-0.2, 0) is 6.54 Å². The molecular weight excluding hydrogens is 369 g/mol. The van der Waals surface area contributed by atoms with E-state index >= 15 is 0 Å². The molecule has 2 N–H and O–H groups in total. The van der Waals surface area contributed by atoms with E-state index in [-0.39, 0.29) is 11.6 Å². The highest BCUT2D eigenvalue weighted by molar-refractivity contribution is 6.30. The van der Waals surface area contributed by atoms with Gasteiger partial charge >= 0.3 is 0 Å². The first-order valence-electron chi connectivity index (χ1n) is 8.07. The molecule has 0 unspecified atom stereocenters. The van der Waals surface area contributed by atoms with Gasteiger partial charge in [0.1, 0.15) is 11.5 Å². The van der Waals surface area contributed by atoms with Gasteiger partial charge in [0.2, 0.25) is 0 Å². The lowest BCUT2D eigenvalue weighted by atomic mass is 10.2. The van der Waals surface area contributed by atoms with Crippen LogP contribution in [0, 0.1) is 5.82 Å². The number of carbonyl (C=O) groups excluding carboxylic acids is 2. The van der Waals surface area contributed by atoms with E-state index in [1.54, 1.807) is 12.1 Å². The second-order valence-corrected chi connectivity index (χ2v) is 6.14. The smallest absolute Gasteiger partial charge is 0.274 e. The Labute approximate surface area is 160 Å². The largest absolute Gasteiger partial charge is 0.348 e. The van der Waals surface area contributed by atoms with Crippen molar-refractivity contribution < 1.29 is 14.0 Å². The van der Waals surface area contributed by atoms with Crippen molar-refractivity contribution >= 4 is 29.1 Å². The summed E-state index contributed by atoms with van der Waals surface area (Å²) in [7, 11) is 0. The number of pyridine rings is 1. The van der Waals surface area contributed by atoms with Crippen LogP contribution in [0.3, 0.4) is 0 Å². The van der Waals surface area contributed by atoms with E-state index in [4.69, 9.17) is 11.6 Å². The zero-order chi connectivity index (χ0) is 19.2. The molecule has 3 aromatic rings. The fourth-order valence-corrected chi connectivity index (χ4v) is 2.44. The fourth-order valence-electron chi connectivity index (χ4n) is 2.31. The van der Waals surface area contributed by atoms with Crippen molar-refractivity contribution in [3.05, 3.63) is 94.5 Å². The topological polar surface area (TPSA) is 71.1 Å². The Morgan fingerprint density at radius 3 is 2.37 bits per heavy atom. The van der Waals surface area contributed by atoms with Crippen LogP contribution in [0.1, 0.15) is 26.4 Å². The Morgan fingerprint density at radius 1 is 0.963 bits per heavy atom. The number of amides is 2. The maximum absolute atomic E-state index is 12.9. The third-order valence-corrected chi connectivity index (χ3v) is 3.98. The average molecular weight is 384 g/mol. The third-order valence-electron chi connectivity index (χ3n) is 3.72. The molecule has 1 aromatic heterocycles. The summed E-state index contributed by atoms with van der Waals surface area (Å²) in [5, 5.41) is 6.00. The summed E-state index contributed by atoms with van der Waals surface area (Å²) in [5.74, 6) is -1.22. The number of nitrogens with zero attached hydrogens (tertiary/aromatic N) is 1. The number of rotatable bonds is 5. The molecule has 0 spiro atoms. The molecule has 0 atom stereocenters. The van der Waals surface area contributed by atoms with Crippen LogP contribution in [0.4, 0.5) is 10.1 Å². The van der Waals surface area contributed by atoms with Crippen molar-refractivity contribution in [1.82, 2.24) is 10.3 Å². The standard InChI is InChI=1S/C20H15ClFN3O2/c21-15-3-1-13(2-4-15)12-24-19(26)14-9-10-23-18(11-14)20(27)25-17-7-5-16(22)6-8-17/h1-11H,12H2,(H,24,26)(H,25,27). The SMILES string of the molecule is O=C(NCc1ccc(Cl)cc1)c1ccnc(C(=O)Nc2ccc(F)cc2)c1. The molecule has 0 aliphatic rings. The van der Waals surface area contributed by atoms with Gasteiger partial charge < -0.3 is 10.6 Å². The predicted octanol–water partition coefficient (Wildman–Crippen LogP) is 4.06. The van der Waals surface area contributed by atoms with Gasteiger partial charge in [-0.25, -0.2) is 4.39 Å². The van der Waals surface area contributed by atoms with E-state index in [9.17, 15) is 14.0 Å². The van der Waals surface area contributed by atoms with Crippen molar-refractivity contribution in [2.45, 2.75) is 6.54 Å². The van der Waals surface area contributed by atoms with Crippen LogP contribution in [-0.4, -0.2) is 16.8 Å². The van der Waals surface area contributed by atoms with Crippen molar-refractivity contribution in [1.29, 1.82) is 0 Å². The van der Waals surface area contributed by atoms with Crippen molar-refractivity contribution in [3.63, 3.8) is 0 Å². The van der Waals surface area contributed by atoms with Gasteiger partial charge in [0, 0.05) is 29.0 Å². The summed E-state index contributed by atoms with van der Waals surface area (Å²) < 4.78 is 12.9. The van der Waals surface area contributed by atoms with Crippen molar-refractivity contribution in [3.8, 4) is 0 Å². The number of hydrogen-bond acceptors (Lipinski definition) is 3. The molecule has 0 aliphatic carbocycles. The van der Waals surface area contributed by atoms with E-state index in [0.717, 1.165) is 5.56 Å². The van der Waals surface area contributed by atoms with E-state index in [1.165, 1.54) is 42.6 Å². The lowest BCUT2D eigenvalue weighted by Crippen LogP contribution is -2.23. The van der Waals surface area contributed by atoms with Crippen LogP contribution in [0.25, 0.3) is 0 Å². The summed E-state index contributed by atoms with van der Waals surface area (Å²) in [6.07, 6.45) is 1.39. The predicted molar refractivity (Wildman–Crippen MR) is 101 cm³/mol. The van der Waals surface area contributed by atoms with Crippen LogP contribution >= 0.6 is 11.6 Å². The zero-order valence-corrected chi connectivity index (χ0v) is 14.8. The second kappa shape index (κ2) is 8.42. The molecule has 2 amide bonds. The minimum Gasteiger partial charge on any atom is -0.348 e. The summed E-state index contributed by atoms with van der Waals surface area (Å²) in [6.45, 7) is 0.329. The van der Waals surface area contributed by atoms with Gasteiger partial charge in [-0.05, 0) is 54.1 Å². The number of anilines is 1. The number of hydrogen-bond donors (Lipinski definition) is 2. The molecular formula is C20H15ClFN3O2. The molecule has 5 nitrogen and oxygen atoms in total.